The van der Waals surface area contributed by atoms with Gasteiger partial charge in [-0.2, -0.15) is 27.6 Å². The molecule has 1 aromatic heterocycles. The van der Waals surface area contributed by atoms with E-state index in [-0.39, 0.29) is 5.92 Å². The van der Waals surface area contributed by atoms with Crippen molar-refractivity contribution in [3.8, 4) is 0 Å². The van der Waals surface area contributed by atoms with Crippen molar-refractivity contribution in [2.24, 2.45) is 11.0 Å². The van der Waals surface area contributed by atoms with Crippen molar-refractivity contribution in [1.82, 2.24) is 4.98 Å². The standard InChI is InChI=1S/C12H11F4N3/c13-8-10(9(14)12(16)18-11(8)15)19-17-6-7-4-2-1-3-5-7/h1-2,6-7H,3-5H2,(H,18,19)/b17-6-/t7-/m1/s1. The molecule has 0 saturated heterocycles. The summed E-state index contributed by atoms with van der Waals surface area (Å²) < 4.78 is 52.0. The van der Waals surface area contributed by atoms with Crippen LogP contribution in [0.25, 0.3) is 0 Å². The molecule has 1 aliphatic carbocycles. The molecule has 1 atom stereocenters. The molecule has 0 unspecified atom stereocenters. The van der Waals surface area contributed by atoms with Crippen molar-refractivity contribution in [1.29, 1.82) is 0 Å². The van der Waals surface area contributed by atoms with Gasteiger partial charge in [0.1, 0.15) is 5.69 Å². The van der Waals surface area contributed by atoms with Crippen molar-refractivity contribution < 1.29 is 17.6 Å². The van der Waals surface area contributed by atoms with Crippen LogP contribution in [-0.4, -0.2) is 11.2 Å². The second-order valence-corrected chi connectivity index (χ2v) is 4.13. The van der Waals surface area contributed by atoms with Crippen LogP contribution in [0.4, 0.5) is 23.2 Å². The number of hydrogen-bond donors (Lipinski definition) is 1. The quantitative estimate of drug-likeness (QED) is 0.301. The predicted molar refractivity (Wildman–Crippen MR) is 62.7 cm³/mol. The number of anilines is 1. The van der Waals surface area contributed by atoms with E-state index in [0.717, 1.165) is 19.3 Å². The lowest BCUT2D eigenvalue weighted by atomic mass is 9.96. The number of allylic oxidation sites excluding steroid dienone is 2. The van der Waals surface area contributed by atoms with Gasteiger partial charge in [0.25, 0.3) is 11.9 Å². The molecule has 0 spiro atoms. The van der Waals surface area contributed by atoms with Crippen molar-refractivity contribution in [3.63, 3.8) is 0 Å². The topological polar surface area (TPSA) is 37.3 Å². The van der Waals surface area contributed by atoms with E-state index >= 15 is 0 Å². The Bertz CT molecular complexity index is 502. The molecule has 2 rings (SSSR count). The molecule has 19 heavy (non-hydrogen) atoms. The number of aromatic nitrogens is 1. The monoisotopic (exact) mass is 273 g/mol. The minimum atomic E-state index is -1.71. The van der Waals surface area contributed by atoms with Crippen LogP contribution in [0.15, 0.2) is 17.3 Å². The highest BCUT2D eigenvalue weighted by molar-refractivity contribution is 5.63. The van der Waals surface area contributed by atoms with E-state index < -0.39 is 29.2 Å². The highest BCUT2D eigenvalue weighted by atomic mass is 19.2. The number of rotatable bonds is 3. The number of nitrogens with one attached hydrogen (secondary N) is 1. The summed E-state index contributed by atoms with van der Waals surface area (Å²) in [6.45, 7) is 0. The number of hydrogen-bond acceptors (Lipinski definition) is 3. The summed E-state index contributed by atoms with van der Waals surface area (Å²) in [7, 11) is 0. The first-order valence-electron chi connectivity index (χ1n) is 5.73. The lowest BCUT2D eigenvalue weighted by Gasteiger charge is -2.12. The first-order valence-corrected chi connectivity index (χ1v) is 5.73. The number of hydrazone groups is 1. The zero-order valence-corrected chi connectivity index (χ0v) is 9.84. The summed E-state index contributed by atoms with van der Waals surface area (Å²) in [5.74, 6) is -6.48. The van der Waals surface area contributed by atoms with Gasteiger partial charge in [0.15, 0.2) is 0 Å². The van der Waals surface area contributed by atoms with E-state index in [4.69, 9.17) is 0 Å². The molecule has 1 N–H and O–H groups in total. The Balaban J connectivity index is 2.11. The molecule has 1 aliphatic rings. The van der Waals surface area contributed by atoms with Crippen molar-refractivity contribution in [2.75, 3.05) is 5.43 Å². The van der Waals surface area contributed by atoms with E-state index in [1.165, 1.54) is 6.21 Å². The first kappa shape index (κ1) is 13.5. The Hall–Kier alpha value is -1.92. The Morgan fingerprint density at radius 3 is 2.42 bits per heavy atom. The summed E-state index contributed by atoms with van der Waals surface area (Å²) in [6.07, 6.45) is 8.02. The summed E-state index contributed by atoms with van der Waals surface area (Å²) in [4.78, 5) is 2.45. The third-order valence-corrected chi connectivity index (χ3v) is 2.77. The highest BCUT2D eigenvalue weighted by Crippen LogP contribution is 2.22. The third-order valence-electron chi connectivity index (χ3n) is 2.77. The normalized spacial score (nSPS) is 19.1. The maximum atomic E-state index is 13.2. The van der Waals surface area contributed by atoms with Gasteiger partial charge in [-0.3, -0.25) is 5.43 Å². The second-order valence-electron chi connectivity index (χ2n) is 4.13. The van der Waals surface area contributed by atoms with Gasteiger partial charge in [0.2, 0.25) is 11.6 Å². The predicted octanol–water partition coefficient (Wildman–Crippen LogP) is 3.39. The molecule has 102 valence electrons. The highest BCUT2D eigenvalue weighted by Gasteiger charge is 2.20. The van der Waals surface area contributed by atoms with Gasteiger partial charge in [-0.25, -0.2) is 0 Å². The van der Waals surface area contributed by atoms with Gasteiger partial charge < -0.3 is 0 Å². The van der Waals surface area contributed by atoms with Gasteiger partial charge in [0, 0.05) is 6.21 Å². The maximum absolute atomic E-state index is 13.2. The molecule has 0 amide bonds. The molecule has 1 aromatic rings. The smallest absolute Gasteiger partial charge is 0.254 e. The van der Waals surface area contributed by atoms with Gasteiger partial charge in [0.05, 0.1) is 0 Å². The molecule has 7 heteroatoms. The number of halogens is 4. The Kier molecular flexibility index (Phi) is 4.13. The summed E-state index contributed by atoms with van der Waals surface area (Å²) >= 11 is 0. The fourth-order valence-corrected chi connectivity index (χ4v) is 1.74. The fraction of sp³-hybridized carbons (Fsp3) is 0.333. The van der Waals surface area contributed by atoms with Crippen LogP contribution in [0, 0.1) is 29.4 Å². The number of pyridine rings is 1. The SMILES string of the molecule is Fc1nc(F)c(F)c(N/N=C\[C@@H]2CC=CCC2)c1F. The van der Waals surface area contributed by atoms with Gasteiger partial charge >= 0.3 is 0 Å². The van der Waals surface area contributed by atoms with E-state index in [9.17, 15) is 17.6 Å². The van der Waals surface area contributed by atoms with Crippen LogP contribution in [0.3, 0.4) is 0 Å². The Morgan fingerprint density at radius 2 is 1.84 bits per heavy atom. The summed E-state index contributed by atoms with van der Waals surface area (Å²) in [6, 6.07) is 0. The lowest BCUT2D eigenvalue weighted by Crippen LogP contribution is -2.08. The molecule has 0 bridgehead atoms. The van der Waals surface area contributed by atoms with Gasteiger partial charge in [-0.05, 0) is 25.2 Å². The van der Waals surface area contributed by atoms with E-state index in [0.29, 0.717) is 0 Å². The van der Waals surface area contributed by atoms with E-state index in [2.05, 4.69) is 10.1 Å². The zero-order chi connectivity index (χ0) is 13.8. The molecule has 0 aliphatic heterocycles. The van der Waals surface area contributed by atoms with Crippen molar-refractivity contribution in [3.05, 3.63) is 35.7 Å². The van der Waals surface area contributed by atoms with Gasteiger partial charge in [-0.15, -0.1) is 0 Å². The minimum absolute atomic E-state index is 0.139. The molecule has 0 fully saturated rings. The summed E-state index contributed by atoms with van der Waals surface area (Å²) in [5.41, 5.74) is 1.01. The average molecular weight is 273 g/mol. The van der Waals surface area contributed by atoms with Crippen molar-refractivity contribution >= 4 is 11.9 Å². The molecule has 1 heterocycles. The van der Waals surface area contributed by atoms with Crippen LogP contribution < -0.4 is 5.43 Å². The zero-order valence-electron chi connectivity index (χ0n) is 9.84. The van der Waals surface area contributed by atoms with Crippen molar-refractivity contribution in [2.45, 2.75) is 19.3 Å². The second kappa shape index (κ2) is 5.81. The maximum Gasteiger partial charge on any atom is 0.254 e. The summed E-state index contributed by atoms with van der Waals surface area (Å²) in [5, 5.41) is 3.62. The molecule has 3 nitrogen and oxygen atoms in total. The van der Waals surface area contributed by atoms with Crippen LogP contribution in [0.2, 0.25) is 0 Å². The molecule has 0 radical (unpaired) electrons. The largest absolute Gasteiger partial charge is 0.273 e. The molecular formula is C12H11F4N3. The van der Waals surface area contributed by atoms with Gasteiger partial charge in [-0.1, -0.05) is 12.2 Å². The Labute approximate surface area is 107 Å². The Morgan fingerprint density at radius 1 is 1.16 bits per heavy atom. The van der Waals surface area contributed by atoms with Crippen LogP contribution >= 0.6 is 0 Å². The number of nitrogens with zero attached hydrogens (tertiary/aromatic N) is 2. The van der Waals surface area contributed by atoms with E-state index in [1.807, 2.05) is 17.6 Å². The minimum Gasteiger partial charge on any atom is -0.273 e. The first-order chi connectivity index (χ1) is 9.09. The third kappa shape index (κ3) is 3.10. The fourth-order valence-electron chi connectivity index (χ4n) is 1.74. The van der Waals surface area contributed by atoms with Crippen LogP contribution in [-0.2, 0) is 0 Å². The average Bonchev–Trinajstić information content (AvgIpc) is 2.42. The molecule has 0 saturated carbocycles. The van der Waals surface area contributed by atoms with Crippen LogP contribution in [0.1, 0.15) is 19.3 Å². The molecular weight excluding hydrogens is 262 g/mol. The molecule has 0 aromatic carbocycles. The lowest BCUT2D eigenvalue weighted by molar-refractivity contribution is 0.411. The van der Waals surface area contributed by atoms with Crippen LogP contribution in [0.5, 0.6) is 0 Å². The van der Waals surface area contributed by atoms with E-state index in [1.54, 1.807) is 0 Å².